The SMILES string of the molecule is CC1(C)c2ccccc2-c2cc(-c3cccc4c3N(C(C)(C)C)CCC4)c(N(c3ccc(-c4ccccc4)cc3)c3ccc4ccc5ccccc5c4c3)cc21. The third-order valence-electron chi connectivity index (χ3n) is 12.5. The summed E-state index contributed by atoms with van der Waals surface area (Å²) in [4.78, 5) is 5.20. The standard InChI is InChI=1S/C54H48N2/c1-53(2,3)55-32-14-19-40-18-13-22-45(52(40)55)48-34-47-44-21-11-12-23-49(44)54(4,5)50(47)35-51(48)56(41-29-26-37(27-30-41)36-15-7-6-8-16-36)42-31-28-39-25-24-38-17-9-10-20-43(38)46(39)33-42/h6-13,15-18,20-31,33-35H,14,19,32H2,1-5H3. The first kappa shape index (κ1) is 34.4. The lowest BCUT2D eigenvalue weighted by Gasteiger charge is -2.43. The van der Waals surface area contributed by atoms with Gasteiger partial charge in [-0.1, -0.05) is 141 Å². The van der Waals surface area contributed by atoms with Crippen LogP contribution in [0.2, 0.25) is 0 Å². The Kier molecular flexibility index (Phi) is 7.97. The molecule has 8 aromatic carbocycles. The number of para-hydroxylation sites is 1. The first-order chi connectivity index (χ1) is 27.2. The maximum atomic E-state index is 2.66. The fraction of sp³-hybridized carbons (Fsp3) is 0.185. The molecule has 1 aliphatic heterocycles. The second kappa shape index (κ2) is 13.0. The van der Waals surface area contributed by atoms with Gasteiger partial charge in [0.05, 0.1) is 5.69 Å². The van der Waals surface area contributed by atoms with E-state index in [1.165, 1.54) is 83.0 Å². The average molecular weight is 725 g/mol. The van der Waals surface area contributed by atoms with Crippen molar-refractivity contribution >= 4 is 44.3 Å². The Morgan fingerprint density at radius 2 is 1.18 bits per heavy atom. The van der Waals surface area contributed by atoms with Crippen LogP contribution >= 0.6 is 0 Å². The van der Waals surface area contributed by atoms with E-state index >= 15 is 0 Å². The largest absolute Gasteiger partial charge is 0.366 e. The molecule has 0 fully saturated rings. The minimum absolute atomic E-state index is 0.0247. The van der Waals surface area contributed by atoms with Crippen LogP contribution in [0.1, 0.15) is 57.7 Å². The summed E-state index contributed by atoms with van der Waals surface area (Å²) in [6.45, 7) is 12.9. The molecule has 10 rings (SSSR count). The Labute approximate surface area is 331 Å². The highest BCUT2D eigenvalue weighted by atomic mass is 15.2. The van der Waals surface area contributed by atoms with Crippen molar-refractivity contribution in [2.75, 3.05) is 16.3 Å². The summed E-state index contributed by atoms with van der Waals surface area (Å²) in [6.07, 6.45) is 2.26. The molecule has 0 aromatic heterocycles. The van der Waals surface area contributed by atoms with Crippen LogP contribution in [0.5, 0.6) is 0 Å². The molecule has 0 saturated heterocycles. The minimum atomic E-state index is -0.158. The van der Waals surface area contributed by atoms with Crippen molar-refractivity contribution in [2.24, 2.45) is 0 Å². The smallest absolute Gasteiger partial charge is 0.0544 e. The Morgan fingerprint density at radius 1 is 0.518 bits per heavy atom. The molecule has 0 spiro atoms. The summed E-state index contributed by atoms with van der Waals surface area (Å²) in [6, 6.07) is 61.4. The number of aryl methyl sites for hydroxylation is 1. The summed E-state index contributed by atoms with van der Waals surface area (Å²) in [7, 11) is 0. The maximum Gasteiger partial charge on any atom is 0.0544 e. The molecule has 0 atom stereocenters. The van der Waals surface area contributed by atoms with Gasteiger partial charge in [-0.3, -0.25) is 0 Å². The van der Waals surface area contributed by atoms with Crippen molar-refractivity contribution in [3.8, 4) is 33.4 Å². The Balaban J connectivity index is 1.29. The molecule has 0 unspecified atom stereocenters. The molecular formula is C54H48N2. The number of benzene rings is 8. The van der Waals surface area contributed by atoms with Gasteiger partial charge in [-0.05, 0) is 131 Å². The van der Waals surface area contributed by atoms with E-state index in [-0.39, 0.29) is 11.0 Å². The van der Waals surface area contributed by atoms with Gasteiger partial charge in [0.25, 0.3) is 0 Å². The van der Waals surface area contributed by atoms with E-state index in [9.17, 15) is 0 Å². The quantitative estimate of drug-likeness (QED) is 0.163. The molecule has 274 valence electrons. The highest BCUT2D eigenvalue weighted by Gasteiger charge is 2.38. The first-order valence-corrected chi connectivity index (χ1v) is 20.2. The molecule has 2 aliphatic rings. The number of nitrogens with zero attached hydrogens (tertiary/aromatic N) is 2. The summed E-state index contributed by atoms with van der Waals surface area (Å²) in [5.41, 5.74) is 16.5. The van der Waals surface area contributed by atoms with E-state index in [1.54, 1.807) is 0 Å². The van der Waals surface area contributed by atoms with Crippen LogP contribution in [-0.4, -0.2) is 12.1 Å². The lowest BCUT2D eigenvalue weighted by molar-refractivity contribution is 0.484. The monoisotopic (exact) mass is 724 g/mol. The van der Waals surface area contributed by atoms with Crippen molar-refractivity contribution in [2.45, 2.75) is 58.4 Å². The summed E-state index contributed by atoms with van der Waals surface area (Å²) < 4.78 is 0. The molecule has 1 heterocycles. The number of hydrogen-bond donors (Lipinski definition) is 0. The molecule has 0 saturated carbocycles. The molecule has 8 aromatic rings. The number of anilines is 4. The van der Waals surface area contributed by atoms with Crippen molar-refractivity contribution in [1.82, 2.24) is 0 Å². The van der Waals surface area contributed by atoms with Crippen LogP contribution in [0.3, 0.4) is 0 Å². The van der Waals surface area contributed by atoms with Crippen LogP contribution in [0.25, 0.3) is 54.9 Å². The molecule has 0 N–H and O–H groups in total. The second-order valence-corrected chi connectivity index (χ2v) is 17.3. The zero-order valence-electron chi connectivity index (χ0n) is 33.1. The normalized spacial score (nSPS) is 14.4. The van der Waals surface area contributed by atoms with Crippen LogP contribution in [0.15, 0.2) is 164 Å². The van der Waals surface area contributed by atoms with Gasteiger partial charge in [-0.25, -0.2) is 0 Å². The van der Waals surface area contributed by atoms with Gasteiger partial charge in [-0.15, -0.1) is 0 Å². The fourth-order valence-electron chi connectivity index (χ4n) is 9.67. The van der Waals surface area contributed by atoms with Gasteiger partial charge in [0.1, 0.15) is 0 Å². The first-order valence-electron chi connectivity index (χ1n) is 20.2. The van der Waals surface area contributed by atoms with Crippen molar-refractivity contribution in [3.05, 3.63) is 180 Å². The molecule has 56 heavy (non-hydrogen) atoms. The topological polar surface area (TPSA) is 6.48 Å². The van der Waals surface area contributed by atoms with Crippen molar-refractivity contribution in [1.29, 1.82) is 0 Å². The third kappa shape index (κ3) is 5.54. The van der Waals surface area contributed by atoms with E-state index in [1.807, 2.05) is 0 Å². The molecule has 2 heteroatoms. The van der Waals surface area contributed by atoms with Crippen LogP contribution in [0.4, 0.5) is 22.7 Å². The van der Waals surface area contributed by atoms with Gasteiger partial charge in [0.15, 0.2) is 0 Å². The van der Waals surface area contributed by atoms with Crippen LogP contribution < -0.4 is 9.80 Å². The second-order valence-electron chi connectivity index (χ2n) is 17.3. The summed E-state index contributed by atoms with van der Waals surface area (Å²) >= 11 is 0. The lowest BCUT2D eigenvalue weighted by Crippen LogP contribution is -2.44. The Bertz CT molecular complexity index is 2790. The molecule has 1 aliphatic carbocycles. The highest BCUT2D eigenvalue weighted by molar-refractivity contribution is 6.09. The highest BCUT2D eigenvalue weighted by Crippen LogP contribution is 2.55. The van der Waals surface area contributed by atoms with E-state index in [0.717, 1.165) is 30.8 Å². The Morgan fingerprint density at radius 3 is 1.98 bits per heavy atom. The van der Waals surface area contributed by atoms with Crippen LogP contribution in [-0.2, 0) is 11.8 Å². The fourth-order valence-corrected chi connectivity index (χ4v) is 9.67. The van der Waals surface area contributed by atoms with E-state index < -0.39 is 0 Å². The van der Waals surface area contributed by atoms with Crippen molar-refractivity contribution in [3.63, 3.8) is 0 Å². The zero-order chi connectivity index (χ0) is 38.2. The maximum absolute atomic E-state index is 2.66. The zero-order valence-corrected chi connectivity index (χ0v) is 33.1. The van der Waals surface area contributed by atoms with Crippen LogP contribution in [0, 0.1) is 0 Å². The van der Waals surface area contributed by atoms with E-state index in [0.29, 0.717) is 0 Å². The molecule has 0 bridgehead atoms. The lowest BCUT2D eigenvalue weighted by atomic mass is 9.81. The van der Waals surface area contributed by atoms with Gasteiger partial charge in [0, 0.05) is 45.7 Å². The van der Waals surface area contributed by atoms with Crippen molar-refractivity contribution < 1.29 is 0 Å². The number of hydrogen-bond acceptors (Lipinski definition) is 2. The minimum Gasteiger partial charge on any atom is -0.366 e. The number of rotatable bonds is 5. The van der Waals surface area contributed by atoms with E-state index in [2.05, 4.69) is 208 Å². The van der Waals surface area contributed by atoms with Gasteiger partial charge in [0.2, 0.25) is 0 Å². The predicted molar refractivity (Wildman–Crippen MR) is 240 cm³/mol. The Hall–Kier alpha value is -6.12. The van der Waals surface area contributed by atoms with Gasteiger partial charge >= 0.3 is 0 Å². The molecular weight excluding hydrogens is 677 g/mol. The van der Waals surface area contributed by atoms with Gasteiger partial charge in [-0.2, -0.15) is 0 Å². The molecule has 0 radical (unpaired) electrons. The summed E-state index contributed by atoms with van der Waals surface area (Å²) in [5, 5.41) is 5.04. The third-order valence-corrected chi connectivity index (χ3v) is 12.5. The van der Waals surface area contributed by atoms with Gasteiger partial charge < -0.3 is 9.80 Å². The number of fused-ring (bicyclic) bond motifs is 7. The predicted octanol–water partition coefficient (Wildman–Crippen LogP) is 14.7. The summed E-state index contributed by atoms with van der Waals surface area (Å²) in [5.74, 6) is 0. The molecule has 2 nitrogen and oxygen atoms in total. The average Bonchev–Trinajstić information content (AvgIpc) is 3.45. The van der Waals surface area contributed by atoms with E-state index in [4.69, 9.17) is 0 Å². The molecule has 0 amide bonds.